The molecule has 0 aliphatic rings. The minimum absolute atomic E-state index is 0.136. The summed E-state index contributed by atoms with van der Waals surface area (Å²) in [6.07, 6.45) is 0. The molecule has 3 rings (SSSR count). The molecular weight excluding hydrogens is 382 g/mol. The van der Waals surface area contributed by atoms with Crippen LogP contribution in [0.1, 0.15) is 20.7 Å². The second kappa shape index (κ2) is 8.69. The van der Waals surface area contributed by atoms with Crippen LogP contribution >= 0.6 is 11.6 Å². The van der Waals surface area contributed by atoms with E-state index in [0.29, 0.717) is 22.1 Å². The van der Waals surface area contributed by atoms with Crippen molar-refractivity contribution in [2.24, 2.45) is 0 Å². The van der Waals surface area contributed by atoms with Crippen molar-refractivity contribution in [2.45, 2.75) is 6.54 Å². The Kier molecular flexibility index (Phi) is 6.08. The maximum Gasteiger partial charge on any atom is 0.337 e. The maximum absolute atomic E-state index is 12.6. The number of nitrogens with one attached hydrogen (secondary N) is 1. The topological polar surface area (TPSA) is 93.5 Å². The van der Waals surface area contributed by atoms with Crippen molar-refractivity contribution < 1.29 is 19.4 Å². The molecule has 1 amide bonds. The van der Waals surface area contributed by atoms with Crippen LogP contribution in [-0.4, -0.2) is 40.5 Å². The fourth-order valence-electron chi connectivity index (χ4n) is 2.64. The molecule has 0 fully saturated rings. The number of aliphatic hydroxyl groups is 1. The van der Waals surface area contributed by atoms with Crippen LogP contribution in [0.2, 0.25) is 5.02 Å². The molecule has 0 bridgehead atoms. The van der Waals surface area contributed by atoms with Crippen LogP contribution in [0.3, 0.4) is 0 Å². The Hall–Kier alpha value is -3.16. The zero-order valence-electron chi connectivity index (χ0n) is 15.1. The summed E-state index contributed by atoms with van der Waals surface area (Å²) in [5, 5.41) is 17.1. The number of carbonyl (C=O) groups is 2. The van der Waals surface area contributed by atoms with E-state index in [9.17, 15) is 14.7 Å². The van der Waals surface area contributed by atoms with Gasteiger partial charge in [0.05, 0.1) is 31.5 Å². The smallest absolute Gasteiger partial charge is 0.337 e. The van der Waals surface area contributed by atoms with Crippen LogP contribution in [0, 0.1) is 0 Å². The molecule has 0 spiro atoms. The number of methoxy groups -OCH3 is 1. The third kappa shape index (κ3) is 4.39. The van der Waals surface area contributed by atoms with Gasteiger partial charge < -0.3 is 15.2 Å². The van der Waals surface area contributed by atoms with E-state index in [-0.39, 0.29) is 18.7 Å². The van der Waals surface area contributed by atoms with Gasteiger partial charge in [-0.25, -0.2) is 9.48 Å². The third-order valence-corrected chi connectivity index (χ3v) is 4.27. The Morgan fingerprint density at radius 1 is 1.14 bits per heavy atom. The van der Waals surface area contributed by atoms with Gasteiger partial charge in [0.15, 0.2) is 0 Å². The molecule has 0 saturated heterocycles. The summed E-state index contributed by atoms with van der Waals surface area (Å²) >= 11 is 5.92. The van der Waals surface area contributed by atoms with Crippen molar-refractivity contribution in [1.82, 2.24) is 9.78 Å². The SMILES string of the molecule is COC(=O)c1cccc(C(=O)Nc2cc(-c3ccc(Cl)cc3)nn2CCO)c1. The van der Waals surface area contributed by atoms with Gasteiger partial charge in [0.1, 0.15) is 5.82 Å². The quantitative estimate of drug-likeness (QED) is 0.621. The molecule has 2 N–H and O–H groups in total. The lowest BCUT2D eigenvalue weighted by Crippen LogP contribution is -2.17. The average Bonchev–Trinajstić information content (AvgIpc) is 3.10. The van der Waals surface area contributed by atoms with Crippen LogP contribution in [0.5, 0.6) is 0 Å². The number of ether oxygens (including phenoxy) is 1. The van der Waals surface area contributed by atoms with E-state index in [0.717, 1.165) is 5.56 Å². The van der Waals surface area contributed by atoms with Gasteiger partial charge in [0.2, 0.25) is 0 Å². The minimum atomic E-state index is -0.523. The number of hydrogen-bond donors (Lipinski definition) is 2. The second-order valence-corrected chi connectivity index (χ2v) is 6.33. The molecule has 28 heavy (non-hydrogen) atoms. The molecule has 8 heteroatoms. The molecule has 3 aromatic rings. The first-order valence-electron chi connectivity index (χ1n) is 8.46. The number of amides is 1. The van der Waals surface area contributed by atoms with Crippen LogP contribution < -0.4 is 5.32 Å². The van der Waals surface area contributed by atoms with Crippen molar-refractivity contribution in [3.63, 3.8) is 0 Å². The number of carbonyl (C=O) groups excluding carboxylic acids is 2. The average molecular weight is 400 g/mol. The molecule has 0 aliphatic heterocycles. The van der Waals surface area contributed by atoms with Gasteiger partial charge in [-0.15, -0.1) is 0 Å². The van der Waals surface area contributed by atoms with E-state index in [1.807, 2.05) is 12.1 Å². The molecule has 0 atom stereocenters. The van der Waals surface area contributed by atoms with E-state index < -0.39 is 11.9 Å². The van der Waals surface area contributed by atoms with Crippen LogP contribution in [0.25, 0.3) is 11.3 Å². The van der Waals surface area contributed by atoms with Crippen molar-refractivity contribution in [3.05, 3.63) is 70.7 Å². The Morgan fingerprint density at radius 2 is 1.86 bits per heavy atom. The summed E-state index contributed by atoms with van der Waals surface area (Å²) in [5.41, 5.74) is 2.03. The Balaban J connectivity index is 1.87. The number of anilines is 1. The summed E-state index contributed by atoms with van der Waals surface area (Å²) in [5.74, 6) is -0.509. The molecule has 144 valence electrons. The molecule has 1 heterocycles. The van der Waals surface area contributed by atoms with Crippen molar-refractivity contribution >= 4 is 29.3 Å². The lowest BCUT2D eigenvalue weighted by Gasteiger charge is -2.08. The fourth-order valence-corrected chi connectivity index (χ4v) is 2.76. The highest BCUT2D eigenvalue weighted by Crippen LogP contribution is 2.24. The van der Waals surface area contributed by atoms with Crippen LogP contribution in [-0.2, 0) is 11.3 Å². The number of benzene rings is 2. The summed E-state index contributed by atoms with van der Waals surface area (Å²) < 4.78 is 6.19. The summed E-state index contributed by atoms with van der Waals surface area (Å²) in [4.78, 5) is 24.3. The van der Waals surface area contributed by atoms with E-state index in [2.05, 4.69) is 15.2 Å². The number of halogens is 1. The number of aliphatic hydroxyl groups excluding tert-OH is 1. The standard InChI is InChI=1S/C20H18ClN3O4/c1-28-20(27)15-4-2-3-14(11-15)19(26)22-18-12-17(23-24(18)9-10-25)13-5-7-16(21)8-6-13/h2-8,11-12,25H,9-10H2,1H3,(H,22,26). The van der Waals surface area contributed by atoms with E-state index >= 15 is 0 Å². The highest BCUT2D eigenvalue weighted by molar-refractivity contribution is 6.30. The monoisotopic (exact) mass is 399 g/mol. The molecule has 7 nitrogen and oxygen atoms in total. The fraction of sp³-hybridized carbons (Fsp3) is 0.150. The summed E-state index contributed by atoms with van der Waals surface area (Å²) in [6.45, 7) is 0.0772. The van der Waals surface area contributed by atoms with E-state index in [1.165, 1.54) is 17.9 Å². The highest BCUT2D eigenvalue weighted by Gasteiger charge is 2.15. The normalized spacial score (nSPS) is 10.5. The number of hydrogen-bond acceptors (Lipinski definition) is 5. The molecular formula is C20H18ClN3O4. The van der Waals surface area contributed by atoms with Gasteiger partial charge in [-0.05, 0) is 30.3 Å². The number of nitrogens with zero attached hydrogens (tertiary/aromatic N) is 2. The predicted octanol–water partition coefficient (Wildman–Crippen LogP) is 3.23. The van der Waals surface area contributed by atoms with Gasteiger partial charge in [0.25, 0.3) is 5.91 Å². The zero-order valence-corrected chi connectivity index (χ0v) is 15.8. The Labute approximate surface area is 166 Å². The number of aromatic nitrogens is 2. The molecule has 0 saturated carbocycles. The van der Waals surface area contributed by atoms with E-state index in [4.69, 9.17) is 11.6 Å². The van der Waals surface area contributed by atoms with Gasteiger partial charge in [-0.2, -0.15) is 5.10 Å². The lowest BCUT2D eigenvalue weighted by atomic mass is 10.1. The Morgan fingerprint density at radius 3 is 2.54 bits per heavy atom. The number of esters is 1. The molecule has 0 aliphatic carbocycles. The van der Waals surface area contributed by atoms with Gasteiger partial charge in [0, 0.05) is 22.2 Å². The van der Waals surface area contributed by atoms with Crippen molar-refractivity contribution in [1.29, 1.82) is 0 Å². The molecule has 0 unspecified atom stereocenters. The molecule has 0 radical (unpaired) electrons. The maximum atomic E-state index is 12.6. The summed E-state index contributed by atoms with van der Waals surface area (Å²) in [7, 11) is 1.28. The van der Waals surface area contributed by atoms with Gasteiger partial charge in [-0.3, -0.25) is 4.79 Å². The third-order valence-electron chi connectivity index (χ3n) is 4.02. The first kappa shape index (κ1) is 19.6. The number of rotatable bonds is 6. The molecule has 2 aromatic carbocycles. The first-order chi connectivity index (χ1) is 13.5. The van der Waals surface area contributed by atoms with Gasteiger partial charge in [-0.1, -0.05) is 29.8 Å². The van der Waals surface area contributed by atoms with E-state index in [1.54, 1.807) is 36.4 Å². The predicted molar refractivity (Wildman–Crippen MR) is 105 cm³/mol. The Bertz CT molecular complexity index is 999. The van der Waals surface area contributed by atoms with Crippen molar-refractivity contribution in [3.8, 4) is 11.3 Å². The zero-order chi connectivity index (χ0) is 20.1. The summed E-state index contributed by atoms with van der Waals surface area (Å²) in [6, 6.07) is 15.1. The second-order valence-electron chi connectivity index (χ2n) is 5.89. The van der Waals surface area contributed by atoms with Crippen molar-refractivity contribution in [2.75, 3.05) is 19.0 Å². The van der Waals surface area contributed by atoms with Gasteiger partial charge >= 0.3 is 5.97 Å². The van der Waals surface area contributed by atoms with Crippen LogP contribution in [0.15, 0.2) is 54.6 Å². The minimum Gasteiger partial charge on any atom is -0.465 e. The largest absolute Gasteiger partial charge is 0.465 e. The highest BCUT2D eigenvalue weighted by atomic mass is 35.5. The lowest BCUT2D eigenvalue weighted by molar-refractivity contribution is 0.0600. The van der Waals surface area contributed by atoms with Crippen LogP contribution in [0.4, 0.5) is 5.82 Å². The molecule has 1 aromatic heterocycles. The first-order valence-corrected chi connectivity index (χ1v) is 8.84.